The van der Waals surface area contributed by atoms with Crippen molar-refractivity contribution >= 4 is 17.5 Å². The lowest BCUT2D eigenvalue weighted by atomic mass is 10.1. The summed E-state index contributed by atoms with van der Waals surface area (Å²) in [5.41, 5.74) is 0. The molecule has 76 valence electrons. The van der Waals surface area contributed by atoms with Crippen LogP contribution in [0.2, 0.25) is 0 Å². The van der Waals surface area contributed by atoms with Crippen LogP contribution in [0.25, 0.3) is 0 Å². The van der Waals surface area contributed by atoms with Gasteiger partial charge in [-0.15, -0.1) is 0 Å². The van der Waals surface area contributed by atoms with E-state index in [9.17, 15) is 4.79 Å². The molecule has 0 N–H and O–H groups in total. The highest BCUT2D eigenvalue weighted by atomic mass is 32.2. The Bertz CT molecular complexity index is 153. The summed E-state index contributed by atoms with van der Waals surface area (Å²) in [6.07, 6.45) is 5.19. The highest BCUT2D eigenvalue weighted by Gasteiger charge is 2.20. The van der Waals surface area contributed by atoms with Gasteiger partial charge in [0.1, 0.15) is 5.78 Å². The smallest absolute Gasteiger partial charge is 0.145 e. The average Bonchev–Trinajstić information content (AvgIpc) is 2.19. The van der Waals surface area contributed by atoms with Crippen LogP contribution in [-0.4, -0.2) is 30.5 Å². The van der Waals surface area contributed by atoms with E-state index in [0.717, 1.165) is 12.8 Å². The highest BCUT2D eigenvalue weighted by Crippen LogP contribution is 2.26. The zero-order chi connectivity index (χ0) is 9.52. The summed E-state index contributed by atoms with van der Waals surface area (Å²) < 4.78 is 4.92. The fraction of sp³-hybridized carbons (Fsp3) is 0.900. The summed E-state index contributed by atoms with van der Waals surface area (Å²) in [4.78, 5) is 11.6. The molecule has 3 heteroatoms. The quantitative estimate of drug-likeness (QED) is 0.640. The van der Waals surface area contributed by atoms with E-state index in [0.29, 0.717) is 24.1 Å². The number of hydrogen-bond acceptors (Lipinski definition) is 3. The van der Waals surface area contributed by atoms with E-state index in [-0.39, 0.29) is 0 Å². The third-order valence-electron chi connectivity index (χ3n) is 2.31. The average molecular weight is 202 g/mol. The molecule has 1 fully saturated rings. The van der Waals surface area contributed by atoms with Crippen LogP contribution < -0.4 is 0 Å². The number of thioether (sulfide) groups is 1. The van der Waals surface area contributed by atoms with Gasteiger partial charge in [-0.3, -0.25) is 4.79 Å². The molecule has 0 amide bonds. The Kier molecular flexibility index (Phi) is 5.47. The number of ether oxygens (including phenoxy) is 1. The largest absolute Gasteiger partial charge is 0.385 e. The molecule has 13 heavy (non-hydrogen) atoms. The SMILES string of the molecule is COCCCC(=O)C1CCCCS1. The Morgan fingerprint density at radius 2 is 2.38 bits per heavy atom. The molecule has 1 aliphatic rings. The monoisotopic (exact) mass is 202 g/mol. The second-order valence-corrected chi connectivity index (χ2v) is 4.73. The number of carbonyl (C=O) groups is 1. The van der Waals surface area contributed by atoms with E-state index in [4.69, 9.17) is 4.74 Å². The Labute approximate surface area is 84.4 Å². The molecule has 1 unspecified atom stereocenters. The highest BCUT2D eigenvalue weighted by molar-refractivity contribution is 8.00. The summed E-state index contributed by atoms with van der Waals surface area (Å²) in [5.74, 6) is 1.60. The third-order valence-corrected chi connectivity index (χ3v) is 3.74. The predicted octanol–water partition coefficient (Wildman–Crippen LogP) is 2.27. The molecule has 1 saturated heterocycles. The van der Waals surface area contributed by atoms with Gasteiger partial charge in [0, 0.05) is 20.1 Å². The lowest BCUT2D eigenvalue weighted by molar-refractivity contribution is -0.119. The van der Waals surface area contributed by atoms with Crippen LogP contribution in [-0.2, 0) is 9.53 Å². The molecule has 1 atom stereocenters. The first kappa shape index (κ1) is 11.1. The third kappa shape index (κ3) is 4.14. The summed E-state index contributed by atoms with van der Waals surface area (Å²) in [6.45, 7) is 0.711. The second-order valence-electron chi connectivity index (χ2n) is 3.42. The number of ketones is 1. The Balaban J connectivity index is 2.13. The van der Waals surface area contributed by atoms with Crippen molar-refractivity contribution in [3.8, 4) is 0 Å². The van der Waals surface area contributed by atoms with Gasteiger partial charge in [-0.05, 0) is 25.0 Å². The van der Waals surface area contributed by atoms with Crippen molar-refractivity contribution in [2.45, 2.75) is 37.4 Å². The minimum Gasteiger partial charge on any atom is -0.385 e. The number of rotatable bonds is 5. The molecular weight excluding hydrogens is 184 g/mol. The van der Waals surface area contributed by atoms with Crippen LogP contribution in [0.3, 0.4) is 0 Å². The number of methoxy groups -OCH3 is 1. The number of Topliss-reactive ketones (excluding diaryl/α,β-unsaturated/α-hetero) is 1. The van der Waals surface area contributed by atoms with Crippen molar-refractivity contribution in [3.63, 3.8) is 0 Å². The molecule has 1 heterocycles. The van der Waals surface area contributed by atoms with Crippen molar-refractivity contribution in [1.82, 2.24) is 0 Å². The van der Waals surface area contributed by atoms with Crippen molar-refractivity contribution in [3.05, 3.63) is 0 Å². The van der Waals surface area contributed by atoms with Crippen LogP contribution in [0, 0.1) is 0 Å². The topological polar surface area (TPSA) is 26.3 Å². The van der Waals surface area contributed by atoms with Crippen LogP contribution in [0.15, 0.2) is 0 Å². The van der Waals surface area contributed by atoms with Crippen LogP contribution >= 0.6 is 11.8 Å². The number of hydrogen-bond donors (Lipinski definition) is 0. The molecule has 1 rings (SSSR count). The van der Waals surface area contributed by atoms with Gasteiger partial charge < -0.3 is 4.74 Å². The zero-order valence-corrected chi connectivity index (χ0v) is 9.07. The van der Waals surface area contributed by atoms with Gasteiger partial charge in [0.05, 0.1) is 5.25 Å². The minimum atomic E-state index is 0.297. The molecule has 0 aromatic heterocycles. The lowest BCUT2D eigenvalue weighted by Crippen LogP contribution is -2.20. The molecule has 0 radical (unpaired) electrons. The van der Waals surface area contributed by atoms with Crippen LogP contribution in [0.1, 0.15) is 32.1 Å². The standard InChI is InChI=1S/C10H18O2S/c1-12-7-4-5-9(11)10-6-2-3-8-13-10/h10H,2-8H2,1H3. The minimum absolute atomic E-state index is 0.297. The van der Waals surface area contributed by atoms with Crippen molar-refractivity contribution < 1.29 is 9.53 Å². The summed E-state index contributed by atoms with van der Waals surface area (Å²) in [5, 5.41) is 0.297. The zero-order valence-electron chi connectivity index (χ0n) is 8.25. The van der Waals surface area contributed by atoms with E-state index < -0.39 is 0 Å². The summed E-state index contributed by atoms with van der Waals surface area (Å²) in [6, 6.07) is 0. The van der Waals surface area contributed by atoms with E-state index >= 15 is 0 Å². The maximum Gasteiger partial charge on any atom is 0.145 e. The molecule has 0 aromatic rings. The molecule has 1 aliphatic heterocycles. The molecule has 0 aromatic carbocycles. The van der Waals surface area contributed by atoms with E-state index in [1.54, 1.807) is 7.11 Å². The van der Waals surface area contributed by atoms with Crippen molar-refractivity contribution in [2.24, 2.45) is 0 Å². The molecule has 0 aliphatic carbocycles. The molecule has 0 spiro atoms. The second kappa shape index (κ2) is 6.44. The van der Waals surface area contributed by atoms with Gasteiger partial charge in [0.25, 0.3) is 0 Å². The summed E-state index contributed by atoms with van der Waals surface area (Å²) >= 11 is 1.84. The Morgan fingerprint density at radius 1 is 1.54 bits per heavy atom. The van der Waals surface area contributed by atoms with Crippen molar-refractivity contribution in [2.75, 3.05) is 19.5 Å². The fourth-order valence-corrected chi connectivity index (χ4v) is 2.84. The first-order valence-electron chi connectivity index (χ1n) is 4.98. The molecular formula is C10H18O2S. The van der Waals surface area contributed by atoms with E-state index in [2.05, 4.69) is 0 Å². The maximum absolute atomic E-state index is 11.6. The van der Waals surface area contributed by atoms with Gasteiger partial charge in [-0.2, -0.15) is 11.8 Å². The lowest BCUT2D eigenvalue weighted by Gasteiger charge is -2.19. The Morgan fingerprint density at radius 3 is 3.00 bits per heavy atom. The normalized spacial score (nSPS) is 23.0. The molecule has 0 saturated carbocycles. The fourth-order valence-electron chi connectivity index (χ4n) is 1.55. The van der Waals surface area contributed by atoms with Gasteiger partial charge >= 0.3 is 0 Å². The molecule has 2 nitrogen and oxygen atoms in total. The first-order chi connectivity index (χ1) is 6.34. The maximum atomic E-state index is 11.6. The Hall–Kier alpha value is -0.0200. The summed E-state index contributed by atoms with van der Waals surface area (Å²) in [7, 11) is 1.68. The van der Waals surface area contributed by atoms with Gasteiger partial charge in [-0.1, -0.05) is 6.42 Å². The number of carbonyl (C=O) groups excluding carboxylic acids is 1. The van der Waals surface area contributed by atoms with Crippen LogP contribution in [0.4, 0.5) is 0 Å². The molecule has 0 bridgehead atoms. The van der Waals surface area contributed by atoms with Gasteiger partial charge in [0.15, 0.2) is 0 Å². The van der Waals surface area contributed by atoms with Crippen LogP contribution in [0.5, 0.6) is 0 Å². The van der Waals surface area contributed by atoms with E-state index in [1.165, 1.54) is 18.6 Å². The van der Waals surface area contributed by atoms with Gasteiger partial charge in [-0.25, -0.2) is 0 Å². The van der Waals surface area contributed by atoms with Gasteiger partial charge in [0.2, 0.25) is 0 Å². The van der Waals surface area contributed by atoms with E-state index in [1.807, 2.05) is 11.8 Å². The van der Waals surface area contributed by atoms with Crippen molar-refractivity contribution in [1.29, 1.82) is 0 Å². The predicted molar refractivity (Wildman–Crippen MR) is 56.2 cm³/mol. The first-order valence-corrected chi connectivity index (χ1v) is 6.02.